The van der Waals surface area contributed by atoms with Gasteiger partial charge in [0, 0.05) is 55.6 Å². The molecule has 1 aliphatic rings. The average Bonchev–Trinajstić information content (AvgIpc) is 2.78. The summed E-state index contributed by atoms with van der Waals surface area (Å²) >= 11 is 5.80. The van der Waals surface area contributed by atoms with Gasteiger partial charge in [-0.1, -0.05) is 31.5 Å². The van der Waals surface area contributed by atoms with Crippen molar-refractivity contribution in [2.24, 2.45) is 5.92 Å². The van der Waals surface area contributed by atoms with E-state index in [9.17, 15) is 19.7 Å². The molecule has 2 aromatic rings. The highest BCUT2D eigenvalue weighted by Gasteiger charge is 2.22. The van der Waals surface area contributed by atoms with Gasteiger partial charge < -0.3 is 15.1 Å². The van der Waals surface area contributed by atoms with Crippen molar-refractivity contribution in [1.29, 1.82) is 0 Å². The monoisotopic (exact) mass is 456 g/mol. The Hall–Kier alpha value is -3.39. The maximum Gasteiger partial charge on any atom is 0.288 e. The number of nitrogens with one attached hydrogen (secondary N) is 1. The molecule has 8 nitrogen and oxygen atoms in total. The number of piperazine rings is 1. The number of nitro benzene ring substituents is 1. The Morgan fingerprint density at radius 2 is 1.75 bits per heavy atom. The highest BCUT2D eigenvalue weighted by molar-refractivity contribution is 6.32. The highest BCUT2D eigenvalue weighted by atomic mass is 35.5. The molecule has 0 saturated carbocycles. The van der Waals surface area contributed by atoms with Gasteiger partial charge in [0.2, 0.25) is 11.8 Å². The molecule has 9 heteroatoms. The van der Waals surface area contributed by atoms with Crippen LogP contribution in [-0.2, 0) is 9.59 Å². The van der Waals surface area contributed by atoms with Gasteiger partial charge in [-0.3, -0.25) is 19.7 Å². The lowest BCUT2D eigenvalue weighted by Gasteiger charge is -2.37. The lowest BCUT2D eigenvalue weighted by molar-refractivity contribution is -0.384. The Morgan fingerprint density at radius 3 is 2.34 bits per heavy atom. The first-order valence-corrected chi connectivity index (χ1v) is 10.7. The number of nitrogens with zero attached hydrogens (tertiary/aromatic N) is 3. The van der Waals surface area contributed by atoms with E-state index in [1.807, 2.05) is 43.0 Å². The summed E-state index contributed by atoms with van der Waals surface area (Å²) < 4.78 is 0. The molecule has 0 unspecified atom stereocenters. The molecule has 0 aromatic heterocycles. The van der Waals surface area contributed by atoms with Crippen LogP contribution in [0.15, 0.2) is 48.5 Å². The SMILES string of the molecule is CC(C)C(=O)N1CCN(c2ccc(NC(=O)/C=C/c3ccc(Cl)c([N+](=O)[O-])c3)cc2)CC1. The molecule has 32 heavy (non-hydrogen) atoms. The third-order valence-corrected chi connectivity index (χ3v) is 5.50. The van der Waals surface area contributed by atoms with Gasteiger partial charge in [0.15, 0.2) is 0 Å². The van der Waals surface area contributed by atoms with Crippen molar-refractivity contribution in [3.8, 4) is 0 Å². The van der Waals surface area contributed by atoms with Crippen molar-refractivity contribution in [2.75, 3.05) is 36.4 Å². The van der Waals surface area contributed by atoms with Crippen LogP contribution >= 0.6 is 11.6 Å². The first-order valence-electron chi connectivity index (χ1n) is 10.3. The lowest BCUT2D eigenvalue weighted by Crippen LogP contribution is -2.49. The van der Waals surface area contributed by atoms with Gasteiger partial charge in [-0.05, 0) is 42.0 Å². The molecular weight excluding hydrogens is 432 g/mol. The zero-order valence-electron chi connectivity index (χ0n) is 18.0. The zero-order chi connectivity index (χ0) is 23.3. The van der Waals surface area contributed by atoms with Crippen LogP contribution in [0.3, 0.4) is 0 Å². The summed E-state index contributed by atoms with van der Waals surface area (Å²) in [5.41, 5.74) is 1.96. The number of hydrogen-bond acceptors (Lipinski definition) is 5. The highest BCUT2D eigenvalue weighted by Crippen LogP contribution is 2.25. The van der Waals surface area contributed by atoms with Gasteiger partial charge in [0.25, 0.3) is 5.69 Å². The van der Waals surface area contributed by atoms with Crippen molar-refractivity contribution in [3.63, 3.8) is 0 Å². The fourth-order valence-corrected chi connectivity index (χ4v) is 3.62. The van der Waals surface area contributed by atoms with Gasteiger partial charge in [-0.15, -0.1) is 0 Å². The molecule has 1 fully saturated rings. The van der Waals surface area contributed by atoms with Gasteiger partial charge in [-0.2, -0.15) is 0 Å². The predicted octanol–water partition coefficient (Wildman–Crippen LogP) is 4.20. The van der Waals surface area contributed by atoms with Gasteiger partial charge in [-0.25, -0.2) is 0 Å². The predicted molar refractivity (Wildman–Crippen MR) is 126 cm³/mol. The number of carbonyl (C=O) groups excluding carboxylic acids is 2. The smallest absolute Gasteiger partial charge is 0.288 e. The van der Waals surface area contributed by atoms with E-state index in [2.05, 4.69) is 10.2 Å². The molecular formula is C23H25ClN4O4. The fourth-order valence-electron chi connectivity index (χ4n) is 3.43. The first kappa shape index (κ1) is 23.3. The fraction of sp³-hybridized carbons (Fsp3) is 0.304. The van der Waals surface area contributed by atoms with E-state index in [0.29, 0.717) is 24.3 Å². The van der Waals surface area contributed by atoms with E-state index in [1.165, 1.54) is 24.3 Å². The second-order valence-electron chi connectivity index (χ2n) is 7.80. The molecule has 0 bridgehead atoms. The summed E-state index contributed by atoms with van der Waals surface area (Å²) in [5, 5.41) is 13.8. The largest absolute Gasteiger partial charge is 0.368 e. The number of anilines is 2. The number of rotatable bonds is 6. The molecule has 0 aliphatic carbocycles. The van der Waals surface area contributed by atoms with E-state index in [-0.39, 0.29) is 28.4 Å². The van der Waals surface area contributed by atoms with E-state index in [0.717, 1.165) is 18.8 Å². The summed E-state index contributed by atoms with van der Waals surface area (Å²) in [6, 6.07) is 11.8. The topological polar surface area (TPSA) is 95.8 Å². The summed E-state index contributed by atoms with van der Waals surface area (Å²) in [5.74, 6) is -0.159. The van der Waals surface area contributed by atoms with Crippen molar-refractivity contribution >= 4 is 46.6 Å². The second kappa shape index (κ2) is 10.3. The lowest BCUT2D eigenvalue weighted by atomic mass is 10.1. The van der Waals surface area contributed by atoms with Gasteiger partial charge in [0.05, 0.1) is 4.92 Å². The van der Waals surface area contributed by atoms with Crippen molar-refractivity contribution in [1.82, 2.24) is 4.90 Å². The summed E-state index contributed by atoms with van der Waals surface area (Å²) in [6.07, 6.45) is 2.80. The van der Waals surface area contributed by atoms with E-state index < -0.39 is 4.92 Å². The molecule has 168 valence electrons. The summed E-state index contributed by atoms with van der Waals surface area (Å²) in [7, 11) is 0. The Kier molecular flexibility index (Phi) is 7.48. The Labute approximate surface area is 191 Å². The summed E-state index contributed by atoms with van der Waals surface area (Å²) in [4.78, 5) is 38.8. The van der Waals surface area contributed by atoms with E-state index in [1.54, 1.807) is 6.07 Å². The minimum atomic E-state index is -0.566. The molecule has 1 heterocycles. The molecule has 2 amide bonds. The molecule has 1 aliphatic heterocycles. The quantitative estimate of drug-likeness (QED) is 0.399. The van der Waals surface area contributed by atoms with Crippen molar-refractivity contribution in [3.05, 3.63) is 69.2 Å². The van der Waals surface area contributed by atoms with Crippen LogP contribution < -0.4 is 10.2 Å². The molecule has 1 N–H and O–H groups in total. The maximum absolute atomic E-state index is 12.2. The molecule has 0 atom stereocenters. The van der Waals surface area contributed by atoms with E-state index >= 15 is 0 Å². The molecule has 1 saturated heterocycles. The molecule has 0 radical (unpaired) electrons. The number of halogens is 1. The zero-order valence-corrected chi connectivity index (χ0v) is 18.7. The van der Waals surface area contributed by atoms with Gasteiger partial charge in [0.1, 0.15) is 5.02 Å². The van der Waals surface area contributed by atoms with Crippen LogP contribution in [-0.4, -0.2) is 47.8 Å². The van der Waals surface area contributed by atoms with Crippen LogP contribution in [0.5, 0.6) is 0 Å². The molecule has 2 aromatic carbocycles. The third-order valence-electron chi connectivity index (χ3n) is 5.18. The number of amides is 2. The van der Waals surface area contributed by atoms with Crippen LogP contribution in [0.25, 0.3) is 6.08 Å². The number of nitro groups is 1. The molecule has 3 rings (SSSR count). The normalized spacial score (nSPS) is 14.1. The van der Waals surface area contributed by atoms with Crippen LogP contribution in [0, 0.1) is 16.0 Å². The van der Waals surface area contributed by atoms with Crippen molar-refractivity contribution in [2.45, 2.75) is 13.8 Å². The van der Waals surface area contributed by atoms with Crippen LogP contribution in [0.2, 0.25) is 5.02 Å². The summed E-state index contributed by atoms with van der Waals surface area (Å²) in [6.45, 7) is 6.75. The number of hydrogen-bond donors (Lipinski definition) is 1. The van der Waals surface area contributed by atoms with Crippen LogP contribution in [0.1, 0.15) is 19.4 Å². The second-order valence-corrected chi connectivity index (χ2v) is 8.21. The Morgan fingerprint density at radius 1 is 1.09 bits per heavy atom. The standard InChI is InChI=1S/C23H25ClN4O4/c1-16(2)23(30)27-13-11-26(12-14-27)19-7-5-18(6-8-19)25-22(29)10-4-17-3-9-20(24)21(15-17)28(31)32/h3-10,15-16H,11-14H2,1-2H3,(H,25,29)/b10-4+. The average molecular weight is 457 g/mol. The Bertz CT molecular complexity index is 1030. The minimum Gasteiger partial charge on any atom is -0.368 e. The Balaban J connectivity index is 1.55. The molecule has 0 spiro atoms. The van der Waals surface area contributed by atoms with Crippen LogP contribution in [0.4, 0.5) is 17.1 Å². The van der Waals surface area contributed by atoms with Gasteiger partial charge >= 0.3 is 0 Å². The third kappa shape index (κ3) is 5.85. The van der Waals surface area contributed by atoms with E-state index in [4.69, 9.17) is 11.6 Å². The number of carbonyl (C=O) groups is 2. The maximum atomic E-state index is 12.2. The number of benzene rings is 2. The van der Waals surface area contributed by atoms with Crippen molar-refractivity contribution < 1.29 is 14.5 Å². The minimum absolute atomic E-state index is 0.00769. The first-order chi connectivity index (χ1) is 15.2.